The van der Waals surface area contributed by atoms with E-state index < -0.39 is 5.92 Å². The van der Waals surface area contributed by atoms with Crippen molar-refractivity contribution in [1.29, 1.82) is 0 Å². The third-order valence-electron chi connectivity index (χ3n) is 6.37. The average molecular weight is 499 g/mol. The molecule has 2 fully saturated rings. The lowest BCUT2D eigenvalue weighted by molar-refractivity contribution is -0.0222. The fraction of sp³-hybridized carbons (Fsp3) is 0.480. The summed E-state index contributed by atoms with van der Waals surface area (Å²) in [6.45, 7) is 5.23. The summed E-state index contributed by atoms with van der Waals surface area (Å²) in [6.07, 6.45) is 3.78. The summed E-state index contributed by atoms with van der Waals surface area (Å²) in [5.74, 6) is 5.53. The van der Waals surface area contributed by atoms with Gasteiger partial charge in [0, 0.05) is 31.3 Å². The second-order valence-corrected chi connectivity index (χ2v) is 10.2. The smallest absolute Gasteiger partial charge is 0.251 e. The maximum Gasteiger partial charge on any atom is 0.251 e. The van der Waals surface area contributed by atoms with Crippen molar-refractivity contribution in [3.8, 4) is 17.6 Å². The molecule has 5 rings (SSSR count). The van der Waals surface area contributed by atoms with E-state index in [2.05, 4.69) is 27.0 Å². The lowest BCUT2D eigenvalue weighted by Crippen LogP contribution is -2.40. The van der Waals surface area contributed by atoms with Crippen molar-refractivity contribution in [2.45, 2.75) is 38.5 Å². The Kier molecular flexibility index (Phi) is 6.71. The van der Waals surface area contributed by atoms with Gasteiger partial charge in [0.15, 0.2) is 0 Å². The third kappa shape index (κ3) is 5.46. The van der Waals surface area contributed by atoms with E-state index in [1.54, 1.807) is 13.3 Å². The second-order valence-electron chi connectivity index (χ2n) is 8.94. The van der Waals surface area contributed by atoms with E-state index in [0.29, 0.717) is 23.0 Å². The molecule has 0 amide bonds. The molecule has 0 atom stereocenters. The number of nitrogens with zero attached hydrogens (tertiary/aromatic N) is 5. The number of anilines is 3. The van der Waals surface area contributed by atoms with Crippen LogP contribution in [0.3, 0.4) is 0 Å². The summed E-state index contributed by atoms with van der Waals surface area (Å²) < 4.78 is 33.2. The Morgan fingerprint density at radius 3 is 2.60 bits per heavy atom. The van der Waals surface area contributed by atoms with Gasteiger partial charge < -0.3 is 15.0 Å². The van der Waals surface area contributed by atoms with Gasteiger partial charge in [0.05, 0.1) is 35.9 Å². The summed E-state index contributed by atoms with van der Waals surface area (Å²) in [4.78, 5) is 18.0. The number of ether oxygens (including phenoxy) is 1. The van der Waals surface area contributed by atoms with E-state index in [0.717, 1.165) is 40.6 Å². The van der Waals surface area contributed by atoms with E-state index in [-0.39, 0.29) is 25.9 Å². The van der Waals surface area contributed by atoms with Gasteiger partial charge in [-0.1, -0.05) is 11.8 Å². The molecular formula is C25H28F2N6OS. The number of piperidine rings is 1. The van der Waals surface area contributed by atoms with Gasteiger partial charge >= 0.3 is 0 Å². The first-order valence-electron chi connectivity index (χ1n) is 11.8. The summed E-state index contributed by atoms with van der Waals surface area (Å²) in [5.41, 5.74) is 1.43. The highest BCUT2D eigenvalue weighted by Gasteiger charge is 2.35. The number of likely N-dealkylation sites (tertiary alicyclic amines) is 1. The zero-order valence-electron chi connectivity index (χ0n) is 19.9. The van der Waals surface area contributed by atoms with E-state index in [1.165, 1.54) is 24.2 Å². The van der Waals surface area contributed by atoms with Crippen molar-refractivity contribution in [2.24, 2.45) is 0 Å². The molecule has 0 saturated carbocycles. The Hall–Kier alpha value is -3.03. The number of hydrogen-bond acceptors (Lipinski definition) is 8. The SMILES string of the molecule is COc1cc2c(Nc3cnc(C)s3)nc(N3CCC(F)(F)CC3)nc2cc1C#CCN1CCCC1. The predicted molar refractivity (Wildman–Crippen MR) is 135 cm³/mol. The highest BCUT2D eigenvalue weighted by molar-refractivity contribution is 7.15. The van der Waals surface area contributed by atoms with Crippen LogP contribution in [0, 0.1) is 18.8 Å². The van der Waals surface area contributed by atoms with Crippen LogP contribution in [0.25, 0.3) is 10.9 Å². The molecule has 0 bridgehead atoms. The van der Waals surface area contributed by atoms with Crippen LogP contribution >= 0.6 is 11.3 Å². The number of rotatable bonds is 5. The molecule has 184 valence electrons. The van der Waals surface area contributed by atoms with Crippen LogP contribution in [-0.4, -0.2) is 65.6 Å². The number of aromatic nitrogens is 3. The lowest BCUT2D eigenvalue weighted by Gasteiger charge is -2.32. The quantitative estimate of drug-likeness (QED) is 0.506. The minimum absolute atomic E-state index is 0.205. The second kappa shape index (κ2) is 9.91. The minimum Gasteiger partial charge on any atom is -0.495 e. The Bertz CT molecular complexity index is 1270. The summed E-state index contributed by atoms with van der Waals surface area (Å²) in [6, 6.07) is 3.79. The molecule has 10 heteroatoms. The molecule has 2 aromatic heterocycles. The maximum absolute atomic E-state index is 13.8. The fourth-order valence-corrected chi connectivity index (χ4v) is 5.08. The summed E-state index contributed by atoms with van der Waals surface area (Å²) in [7, 11) is 1.62. The molecule has 1 aromatic carbocycles. The van der Waals surface area contributed by atoms with Crippen molar-refractivity contribution in [2.75, 3.05) is 50.1 Å². The monoisotopic (exact) mass is 498 g/mol. The number of benzene rings is 1. The van der Waals surface area contributed by atoms with Gasteiger partial charge in [-0.3, -0.25) is 4.90 Å². The average Bonchev–Trinajstić information content (AvgIpc) is 3.50. The fourth-order valence-electron chi connectivity index (χ4n) is 4.40. The molecule has 0 unspecified atom stereocenters. The topological polar surface area (TPSA) is 66.4 Å². The number of fused-ring (bicyclic) bond motifs is 1. The van der Waals surface area contributed by atoms with Crippen LogP contribution in [0.2, 0.25) is 0 Å². The van der Waals surface area contributed by atoms with Crippen LogP contribution in [0.1, 0.15) is 36.3 Å². The molecule has 2 aliphatic rings. The molecule has 3 aromatic rings. The Labute approximate surface area is 207 Å². The van der Waals surface area contributed by atoms with Gasteiger partial charge in [-0.2, -0.15) is 4.98 Å². The van der Waals surface area contributed by atoms with Crippen molar-refractivity contribution >= 4 is 39.0 Å². The number of halogens is 2. The van der Waals surface area contributed by atoms with Crippen LogP contribution in [0.4, 0.5) is 25.5 Å². The Morgan fingerprint density at radius 2 is 1.91 bits per heavy atom. The van der Waals surface area contributed by atoms with Crippen molar-refractivity contribution in [1.82, 2.24) is 19.9 Å². The largest absolute Gasteiger partial charge is 0.495 e. The van der Waals surface area contributed by atoms with Gasteiger partial charge in [0.25, 0.3) is 5.92 Å². The molecule has 0 radical (unpaired) electrons. The highest BCUT2D eigenvalue weighted by Crippen LogP contribution is 2.35. The maximum atomic E-state index is 13.8. The first-order valence-corrected chi connectivity index (χ1v) is 12.7. The molecule has 4 heterocycles. The molecule has 2 saturated heterocycles. The first kappa shape index (κ1) is 23.7. The molecule has 2 aliphatic heterocycles. The van der Waals surface area contributed by atoms with Gasteiger partial charge in [0.1, 0.15) is 16.6 Å². The van der Waals surface area contributed by atoms with E-state index in [9.17, 15) is 8.78 Å². The number of hydrogen-bond donors (Lipinski definition) is 1. The molecule has 1 N–H and O–H groups in total. The Balaban J connectivity index is 1.53. The summed E-state index contributed by atoms with van der Waals surface area (Å²) >= 11 is 1.51. The molecule has 7 nitrogen and oxygen atoms in total. The van der Waals surface area contributed by atoms with E-state index in [4.69, 9.17) is 14.7 Å². The molecule has 35 heavy (non-hydrogen) atoms. The number of aryl methyl sites for hydroxylation is 1. The molecule has 0 spiro atoms. The van der Waals surface area contributed by atoms with Crippen LogP contribution in [0.5, 0.6) is 5.75 Å². The third-order valence-corrected chi connectivity index (χ3v) is 7.20. The zero-order chi connectivity index (χ0) is 24.4. The van der Waals surface area contributed by atoms with Gasteiger partial charge in [-0.15, -0.1) is 11.3 Å². The lowest BCUT2D eigenvalue weighted by atomic mass is 10.1. The minimum atomic E-state index is -2.64. The van der Waals surface area contributed by atoms with Crippen LogP contribution in [-0.2, 0) is 0 Å². The number of methoxy groups -OCH3 is 1. The van der Waals surface area contributed by atoms with Gasteiger partial charge in [-0.05, 0) is 45.0 Å². The Morgan fingerprint density at radius 1 is 1.14 bits per heavy atom. The van der Waals surface area contributed by atoms with Crippen molar-refractivity contribution < 1.29 is 13.5 Å². The highest BCUT2D eigenvalue weighted by atomic mass is 32.1. The van der Waals surface area contributed by atoms with Gasteiger partial charge in [0.2, 0.25) is 5.95 Å². The standard InChI is InChI=1S/C25H28F2N6OS/c1-17-28-16-22(35-17)30-23-19-15-21(34-2)18(6-5-11-32-9-3-4-10-32)14-20(19)29-24(31-23)33-12-7-25(26,27)8-13-33/h14-16H,3-4,7-13H2,1-2H3,(H,29,30,31). The molecular weight excluding hydrogens is 470 g/mol. The zero-order valence-corrected chi connectivity index (χ0v) is 20.7. The first-order chi connectivity index (χ1) is 16.9. The van der Waals surface area contributed by atoms with Crippen LogP contribution in [0.15, 0.2) is 18.3 Å². The number of alkyl halides is 2. The van der Waals surface area contributed by atoms with E-state index >= 15 is 0 Å². The van der Waals surface area contributed by atoms with E-state index in [1.807, 2.05) is 24.0 Å². The number of nitrogens with one attached hydrogen (secondary N) is 1. The summed E-state index contributed by atoms with van der Waals surface area (Å²) in [5, 5.41) is 5.88. The predicted octanol–water partition coefficient (Wildman–Crippen LogP) is 4.83. The van der Waals surface area contributed by atoms with Gasteiger partial charge in [-0.25, -0.2) is 18.7 Å². The van der Waals surface area contributed by atoms with Crippen molar-refractivity contribution in [3.63, 3.8) is 0 Å². The molecule has 0 aliphatic carbocycles. The normalized spacial score (nSPS) is 17.9. The van der Waals surface area contributed by atoms with Crippen molar-refractivity contribution in [3.05, 3.63) is 28.9 Å². The van der Waals surface area contributed by atoms with Crippen LogP contribution < -0.4 is 15.0 Å². The number of thiazole rings is 1.